The Balaban J connectivity index is 0.00000168. The lowest BCUT2D eigenvalue weighted by Gasteiger charge is -2.29. The quantitative estimate of drug-likeness (QED) is 0.739. The highest BCUT2D eigenvalue weighted by atomic mass is 35.5. The molecule has 0 amide bonds. The Morgan fingerprint density at radius 1 is 1.19 bits per heavy atom. The Morgan fingerprint density at radius 3 is 2.88 bits per heavy atom. The Labute approximate surface area is 156 Å². The second kappa shape index (κ2) is 6.60. The fraction of sp³-hybridized carbons (Fsp3) is 0.222. The third kappa shape index (κ3) is 2.90. The summed E-state index contributed by atoms with van der Waals surface area (Å²) in [6.07, 6.45) is 3.90. The summed E-state index contributed by atoms with van der Waals surface area (Å²) >= 11 is 0. The number of fused-ring (bicyclic) bond motifs is 2. The van der Waals surface area contributed by atoms with Gasteiger partial charge in [0.05, 0.1) is 35.7 Å². The van der Waals surface area contributed by atoms with E-state index < -0.39 is 0 Å². The third-order valence-corrected chi connectivity index (χ3v) is 4.54. The Bertz CT molecular complexity index is 983. The molecule has 0 radical (unpaired) electrons. The lowest BCUT2D eigenvalue weighted by atomic mass is 10.1. The standard InChI is InChI=1S/C18H17N5O2.ClH/c24-23-10-17(16-6-12-2-1-5-22(12)11-20-16)21-15-4-3-13(7-18(15)23)25-14-8-19-9-14;/h1-7,11,14,19,24H,8-10H2;1H. The molecule has 0 spiro atoms. The molecule has 0 bridgehead atoms. The average molecular weight is 372 g/mol. The van der Waals surface area contributed by atoms with Crippen molar-refractivity contribution >= 4 is 35.0 Å². The maximum absolute atomic E-state index is 10.4. The van der Waals surface area contributed by atoms with Gasteiger partial charge in [-0.05, 0) is 30.3 Å². The largest absolute Gasteiger partial charge is 0.488 e. The van der Waals surface area contributed by atoms with Gasteiger partial charge >= 0.3 is 0 Å². The van der Waals surface area contributed by atoms with E-state index in [-0.39, 0.29) is 25.1 Å². The van der Waals surface area contributed by atoms with Crippen LogP contribution in [0.15, 0.2) is 53.9 Å². The number of hydrogen-bond acceptors (Lipinski definition) is 6. The molecule has 0 unspecified atom stereocenters. The van der Waals surface area contributed by atoms with Crippen LogP contribution in [0.3, 0.4) is 0 Å². The summed E-state index contributed by atoms with van der Waals surface area (Å²) in [5.74, 6) is 0.746. The molecule has 0 aliphatic carbocycles. The van der Waals surface area contributed by atoms with E-state index in [9.17, 15) is 5.21 Å². The van der Waals surface area contributed by atoms with E-state index in [0.717, 1.165) is 35.8 Å². The van der Waals surface area contributed by atoms with E-state index in [4.69, 9.17) is 4.74 Å². The zero-order chi connectivity index (χ0) is 16.8. The fourth-order valence-electron chi connectivity index (χ4n) is 3.06. The van der Waals surface area contributed by atoms with Gasteiger partial charge in [-0.3, -0.25) is 5.21 Å². The second-order valence-corrected chi connectivity index (χ2v) is 6.28. The van der Waals surface area contributed by atoms with Crippen LogP contribution in [0.4, 0.5) is 11.4 Å². The fourth-order valence-corrected chi connectivity index (χ4v) is 3.06. The van der Waals surface area contributed by atoms with E-state index in [2.05, 4.69) is 15.3 Å². The van der Waals surface area contributed by atoms with Crippen LogP contribution in [0.1, 0.15) is 5.69 Å². The second-order valence-electron chi connectivity index (χ2n) is 6.28. The molecular formula is C18H18ClN5O2. The van der Waals surface area contributed by atoms with Gasteiger partial charge in [0.1, 0.15) is 11.9 Å². The van der Waals surface area contributed by atoms with Crippen LogP contribution < -0.4 is 15.1 Å². The maximum Gasteiger partial charge on any atom is 0.123 e. The summed E-state index contributed by atoms with van der Waals surface area (Å²) in [5, 5.41) is 14.8. The van der Waals surface area contributed by atoms with E-state index in [1.807, 2.05) is 47.0 Å². The first kappa shape index (κ1) is 16.8. The molecule has 5 rings (SSSR count). The van der Waals surface area contributed by atoms with E-state index in [0.29, 0.717) is 11.4 Å². The third-order valence-electron chi connectivity index (χ3n) is 4.54. The highest BCUT2D eigenvalue weighted by Gasteiger charge is 2.23. The van der Waals surface area contributed by atoms with Crippen LogP contribution in [-0.4, -0.2) is 46.0 Å². The number of nitrogens with zero attached hydrogens (tertiary/aromatic N) is 4. The molecule has 26 heavy (non-hydrogen) atoms. The summed E-state index contributed by atoms with van der Waals surface area (Å²) in [4.78, 5) is 9.14. The van der Waals surface area contributed by atoms with Crippen molar-refractivity contribution in [1.82, 2.24) is 14.7 Å². The minimum atomic E-state index is 0. The first-order chi connectivity index (χ1) is 12.3. The monoisotopic (exact) mass is 371 g/mol. The number of rotatable bonds is 3. The predicted molar refractivity (Wildman–Crippen MR) is 101 cm³/mol. The van der Waals surface area contributed by atoms with Crippen LogP contribution in [0.2, 0.25) is 0 Å². The van der Waals surface area contributed by atoms with Crippen molar-refractivity contribution in [2.75, 3.05) is 24.7 Å². The molecule has 2 aromatic heterocycles. The molecule has 1 aromatic carbocycles. The molecule has 4 heterocycles. The smallest absolute Gasteiger partial charge is 0.123 e. The molecule has 2 N–H and O–H groups in total. The van der Waals surface area contributed by atoms with Gasteiger partial charge in [0, 0.05) is 30.9 Å². The first-order valence-electron chi connectivity index (χ1n) is 8.25. The van der Waals surface area contributed by atoms with Crippen molar-refractivity contribution in [3.63, 3.8) is 0 Å². The highest BCUT2D eigenvalue weighted by molar-refractivity contribution is 6.06. The molecule has 8 heteroatoms. The van der Waals surface area contributed by atoms with Gasteiger partial charge in [0.25, 0.3) is 0 Å². The summed E-state index contributed by atoms with van der Waals surface area (Å²) in [6, 6.07) is 11.5. The maximum atomic E-state index is 10.4. The minimum absolute atomic E-state index is 0. The molecule has 0 atom stereocenters. The summed E-state index contributed by atoms with van der Waals surface area (Å²) in [7, 11) is 0. The number of aromatic nitrogens is 2. The normalized spacial score (nSPS) is 16.5. The molecule has 2 aliphatic rings. The summed E-state index contributed by atoms with van der Waals surface area (Å²) in [5.41, 5.74) is 3.89. The van der Waals surface area contributed by atoms with Crippen molar-refractivity contribution in [3.8, 4) is 5.75 Å². The number of benzene rings is 1. The number of halogens is 1. The lowest BCUT2D eigenvalue weighted by molar-refractivity contribution is 0.142. The van der Waals surface area contributed by atoms with Crippen LogP contribution in [0.25, 0.3) is 5.52 Å². The van der Waals surface area contributed by atoms with Gasteiger partial charge in [0.2, 0.25) is 0 Å². The average Bonchev–Trinajstić information content (AvgIpc) is 3.06. The van der Waals surface area contributed by atoms with E-state index in [1.54, 1.807) is 6.33 Å². The number of ether oxygens (including phenoxy) is 1. The van der Waals surface area contributed by atoms with Gasteiger partial charge in [0.15, 0.2) is 0 Å². The first-order valence-corrected chi connectivity index (χ1v) is 8.25. The van der Waals surface area contributed by atoms with Gasteiger partial charge in [-0.25, -0.2) is 15.0 Å². The molecule has 7 nitrogen and oxygen atoms in total. The SMILES string of the molecule is Cl.ON1CC(c2cc3cccn3cn2)=Nc2ccc(OC3CNC3)cc21. The number of hydrogen-bond donors (Lipinski definition) is 2. The zero-order valence-electron chi connectivity index (χ0n) is 13.9. The molecule has 0 saturated carbocycles. The van der Waals surface area contributed by atoms with E-state index >= 15 is 0 Å². The topological polar surface area (TPSA) is 74.4 Å². The van der Waals surface area contributed by atoms with Crippen LogP contribution in [-0.2, 0) is 0 Å². The molecule has 134 valence electrons. The number of aliphatic imine (C=N–C) groups is 1. The molecule has 2 aliphatic heterocycles. The van der Waals surface area contributed by atoms with Gasteiger partial charge in [-0.15, -0.1) is 12.4 Å². The Kier molecular flexibility index (Phi) is 4.28. The number of anilines is 1. The molecule has 1 saturated heterocycles. The molecular weight excluding hydrogens is 354 g/mol. The zero-order valence-corrected chi connectivity index (χ0v) is 14.7. The van der Waals surface area contributed by atoms with Crippen molar-refractivity contribution in [2.24, 2.45) is 4.99 Å². The van der Waals surface area contributed by atoms with Gasteiger partial charge in [-0.2, -0.15) is 0 Å². The summed E-state index contributed by atoms with van der Waals surface area (Å²) < 4.78 is 7.79. The van der Waals surface area contributed by atoms with Crippen LogP contribution >= 0.6 is 12.4 Å². The van der Waals surface area contributed by atoms with Gasteiger partial charge in [-0.1, -0.05) is 0 Å². The highest BCUT2D eigenvalue weighted by Crippen LogP contribution is 2.35. The lowest BCUT2D eigenvalue weighted by Crippen LogP contribution is -2.50. The summed E-state index contributed by atoms with van der Waals surface area (Å²) in [6.45, 7) is 2.00. The van der Waals surface area contributed by atoms with Crippen molar-refractivity contribution in [2.45, 2.75) is 6.10 Å². The Hall–Kier alpha value is -2.61. The minimum Gasteiger partial charge on any atom is -0.488 e. The Morgan fingerprint density at radius 2 is 2.08 bits per heavy atom. The van der Waals surface area contributed by atoms with Crippen molar-refractivity contribution in [1.29, 1.82) is 0 Å². The van der Waals surface area contributed by atoms with Crippen LogP contribution in [0, 0.1) is 0 Å². The van der Waals surface area contributed by atoms with Crippen molar-refractivity contribution < 1.29 is 9.94 Å². The predicted octanol–water partition coefficient (Wildman–Crippen LogP) is 2.44. The van der Waals surface area contributed by atoms with E-state index in [1.165, 1.54) is 5.06 Å². The number of hydroxylamine groups is 1. The molecule has 1 fully saturated rings. The van der Waals surface area contributed by atoms with Crippen LogP contribution in [0.5, 0.6) is 5.75 Å². The number of nitrogens with one attached hydrogen (secondary N) is 1. The molecule has 3 aromatic rings. The van der Waals surface area contributed by atoms with Gasteiger partial charge < -0.3 is 14.5 Å². The van der Waals surface area contributed by atoms with Crippen molar-refractivity contribution in [3.05, 3.63) is 54.6 Å².